The van der Waals surface area contributed by atoms with Crippen molar-refractivity contribution >= 4 is 17.9 Å². The third kappa shape index (κ3) is 18.9. The minimum absolute atomic E-state index is 0.311. The lowest BCUT2D eigenvalue weighted by Crippen LogP contribution is -2.00. The van der Waals surface area contributed by atoms with Gasteiger partial charge in [-0.25, -0.2) is 14.4 Å². The maximum atomic E-state index is 10.6. The van der Waals surface area contributed by atoms with Crippen LogP contribution >= 0.6 is 0 Å². The molecule has 1 aromatic rings. The fourth-order valence-electron chi connectivity index (χ4n) is 1.16. The number of ether oxygens (including phenoxy) is 2. The van der Waals surface area contributed by atoms with E-state index in [0.29, 0.717) is 13.2 Å². The van der Waals surface area contributed by atoms with Gasteiger partial charge in [0.1, 0.15) is 6.61 Å². The van der Waals surface area contributed by atoms with Crippen molar-refractivity contribution in [2.24, 2.45) is 0 Å². The number of carboxylic acids is 1. The van der Waals surface area contributed by atoms with Crippen LogP contribution in [0.3, 0.4) is 0 Å². The van der Waals surface area contributed by atoms with Gasteiger partial charge in [0.2, 0.25) is 0 Å². The van der Waals surface area contributed by atoms with Crippen molar-refractivity contribution < 1.29 is 29.0 Å². The highest BCUT2D eigenvalue weighted by Gasteiger charge is 1.95. The van der Waals surface area contributed by atoms with Crippen LogP contribution in [0.15, 0.2) is 68.3 Å². The van der Waals surface area contributed by atoms with Crippen molar-refractivity contribution in [3.8, 4) is 0 Å². The van der Waals surface area contributed by atoms with E-state index in [1.54, 1.807) is 0 Å². The average Bonchev–Trinajstić information content (AvgIpc) is 2.67. The van der Waals surface area contributed by atoms with Gasteiger partial charge < -0.3 is 14.6 Å². The Hall–Kier alpha value is -3.15. The average molecular weight is 362 g/mol. The first-order chi connectivity index (χ1) is 12.4. The molecule has 0 saturated heterocycles. The Morgan fingerprint density at radius 1 is 0.962 bits per heavy atom. The lowest BCUT2D eigenvalue weighted by atomic mass is 10.2. The van der Waals surface area contributed by atoms with Gasteiger partial charge in [0.25, 0.3) is 0 Å². The van der Waals surface area contributed by atoms with Gasteiger partial charge >= 0.3 is 17.9 Å². The van der Waals surface area contributed by atoms with E-state index in [9.17, 15) is 14.4 Å². The van der Waals surface area contributed by atoms with Gasteiger partial charge in [-0.2, -0.15) is 0 Å². The van der Waals surface area contributed by atoms with Crippen LogP contribution < -0.4 is 0 Å². The summed E-state index contributed by atoms with van der Waals surface area (Å²) in [6, 6.07) is 9.51. The summed E-state index contributed by atoms with van der Waals surface area (Å²) in [5.74, 6) is -1.70. The molecule has 0 spiro atoms. The molecule has 1 N–H and O–H groups in total. The molecule has 0 radical (unpaired) electrons. The molecule has 6 nitrogen and oxygen atoms in total. The van der Waals surface area contributed by atoms with Gasteiger partial charge in [-0.15, -0.1) is 0 Å². The van der Waals surface area contributed by atoms with E-state index in [-0.39, 0.29) is 11.9 Å². The summed E-state index contributed by atoms with van der Waals surface area (Å²) in [5, 5.41) is 7.60. The zero-order valence-electron chi connectivity index (χ0n) is 15.1. The maximum absolute atomic E-state index is 10.6. The van der Waals surface area contributed by atoms with Gasteiger partial charge in [-0.3, -0.25) is 0 Å². The molecule has 0 bridgehead atoms. The second kappa shape index (κ2) is 18.2. The Balaban J connectivity index is 0. The third-order valence-electron chi connectivity index (χ3n) is 2.47. The molecule has 0 aliphatic heterocycles. The number of carbonyl (C=O) groups excluding carboxylic acids is 2. The molecule has 1 rings (SSSR count). The van der Waals surface area contributed by atoms with Crippen LogP contribution in [0.25, 0.3) is 0 Å². The minimum atomic E-state index is -0.981. The molecule has 0 heterocycles. The van der Waals surface area contributed by atoms with E-state index in [1.807, 2.05) is 37.3 Å². The van der Waals surface area contributed by atoms with Crippen molar-refractivity contribution in [3.63, 3.8) is 0 Å². The topological polar surface area (TPSA) is 89.9 Å². The van der Waals surface area contributed by atoms with Crippen LogP contribution in [0.1, 0.15) is 25.3 Å². The maximum Gasteiger partial charge on any atom is 0.330 e. The third-order valence-corrected chi connectivity index (χ3v) is 2.47. The summed E-state index contributed by atoms with van der Waals surface area (Å²) >= 11 is 0. The number of hydrogen-bond donors (Lipinski definition) is 1. The van der Waals surface area contributed by atoms with E-state index in [1.165, 1.54) is 6.08 Å². The Morgan fingerprint density at radius 2 is 1.46 bits per heavy atom. The van der Waals surface area contributed by atoms with Crippen LogP contribution in [0.5, 0.6) is 0 Å². The molecule has 142 valence electrons. The number of rotatable bonds is 8. The van der Waals surface area contributed by atoms with Crippen LogP contribution in [-0.4, -0.2) is 29.6 Å². The summed E-state index contributed by atoms with van der Waals surface area (Å²) in [6.07, 6.45) is 5.14. The van der Waals surface area contributed by atoms with Crippen LogP contribution in [0.2, 0.25) is 0 Å². The molecule has 0 aliphatic rings. The predicted molar refractivity (Wildman–Crippen MR) is 100 cm³/mol. The Bertz CT molecular complexity index is 563. The fourth-order valence-corrected chi connectivity index (χ4v) is 1.16. The first-order valence-electron chi connectivity index (χ1n) is 7.88. The number of hydrogen-bond acceptors (Lipinski definition) is 5. The van der Waals surface area contributed by atoms with Crippen molar-refractivity contribution in [3.05, 3.63) is 73.9 Å². The van der Waals surface area contributed by atoms with Gasteiger partial charge in [0.15, 0.2) is 0 Å². The van der Waals surface area contributed by atoms with Gasteiger partial charge in [-0.1, -0.05) is 63.4 Å². The standard InChI is InChI=1S/C10H10O2.C7H12O2.C3H4O2/c1-2-10(11)12-8-9-6-4-3-5-7-9;1-3-5-6-9-7(8)4-2;1-2-3(4)5/h2-7H,1,8H2;4H,2-3,5-6H2,1H3;2H,1H2,(H,4,5). The molecule has 1 aromatic carbocycles. The van der Waals surface area contributed by atoms with Crippen molar-refractivity contribution in [1.82, 2.24) is 0 Å². The molecule has 26 heavy (non-hydrogen) atoms. The molecule has 0 unspecified atom stereocenters. The SMILES string of the molecule is C=CC(=O)O.C=CC(=O)OCCCC.C=CC(=O)OCc1ccccc1. The van der Waals surface area contributed by atoms with E-state index in [4.69, 9.17) is 9.84 Å². The predicted octanol–water partition coefficient (Wildman–Crippen LogP) is 3.69. The van der Waals surface area contributed by atoms with Gasteiger partial charge in [0.05, 0.1) is 6.61 Å². The molecule has 0 fully saturated rings. The Morgan fingerprint density at radius 3 is 1.88 bits per heavy atom. The van der Waals surface area contributed by atoms with Crippen LogP contribution in [-0.2, 0) is 30.5 Å². The Labute approximate surface area is 154 Å². The molecular formula is C20H26O6. The van der Waals surface area contributed by atoms with Crippen LogP contribution in [0, 0.1) is 0 Å². The monoisotopic (exact) mass is 362 g/mol. The normalized spacial score (nSPS) is 8.35. The highest BCUT2D eigenvalue weighted by molar-refractivity contribution is 5.81. The van der Waals surface area contributed by atoms with E-state index < -0.39 is 5.97 Å². The lowest BCUT2D eigenvalue weighted by Gasteiger charge is -2.00. The minimum Gasteiger partial charge on any atom is -0.478 e. The summed E-state index contributed by atoms with van der Waals surface area (Å²) < 4.78 is 9.49. The highest BCUT2D eigenvalue weighted by Crippen LogP contribution is 2.00. The van der Waals surface area contributed by atoms with E-state index in [2.05, 4.69) is 24.5 Å². The zero-order valence-corrected chi connectivity index (χ0v) is 15.1. The summed E-state index contributed by atoms with van der Waals surface area (Å²) in [4.78, 5) is 30.2. The first kappa shape index (κ1) is 25.1. The van der Waals surface area contributed by atoms with Gasteiger partial charge in [-0.05, 0) is 12.0 Å². The number of carboxylic acid groups (broad SMARTS) is 1. The molecule has 0 amide bonds. The fraction of sp³-hybridized carbons (Fsp3) is 0.250. The second-order valence-electron chi connectivity index (χ2n) is 4.56. The van der Waals surface area contributed by atoms with Crippen LogP contribution in [0.4, 0.5) is 0 Å². The molecule has 0 atom stereocenters. The summed E-state index contributed by atoms with van der Waals surface area (Å²) in [7, 11) is 0. The molecular weight excluding hydrogens is 336 g/mol. The highest BCUT2D eigenvalue weighted by atomic mass is 16.5. The number of benzene rings is 1. The number of carbonyl (C=O) groups is 3. The molecule has 0 aliphatic carbocycles. The van der Waals surface area contributed by atoms with E-state index in [0.717, 1.165) is 30.6 Å². The molecule has 0 aromatic heterocycles. The van der Waals surface area contributed by atoms with E-state index >= 15 is 0 Å². The number of esters is 2. The zero-order chi connectivity index (χ0) is 20.2. The number of aliphatic carboxylic acids is 1. The lowest BCUT2D eigenvalue weighted by molar-refractivity contribution is -0.139. The Kier molecular flexibility index (Phi) is 17.6. The molecule has 6 heteroatoms. The molecule has 0 saturated carbocycles. The van der Waals surface area contributed by atoms with Crippen molar-refractivity contribution in [1.29, 1.82) is 0 Å². The number of unbranched alkanes of at least 4 members (excludes halogenated alkanes) is 1. The van der Waals surface area contributed by atoms with Crippen molar-refractivity contribution in [2.75, 3.05) is 6.61 Å². The summed E-state index contributed by atoms with van der Waals surface area (Å²) in [5.41, 5.74) is 0.979. The quantitative estimate of drug-likeness (QED) is 0.431. The van der Waals surface area contributed by atoms with Gasteiger partial charge in [0, 0.05) is 18.2 Å². The first-order valence-corrected chi connectivity index (χ1v) is 7.88. The van der Waals surface area contributed by atoms with Crippen molar-refractivity contribution in [2.45, 2.75) is 26.4 Å². The second-order valence-corrected chi connectivity index (χ2v) is 4.56. The largest absolute Gasteiger partial charge is 0.478 e. The summed E-state index contributed by atoms with van der Waals surface area (Å²) in [6.45, 7) is 12.4. The smallest absolute Gasteiger partial charge is 0.330 e.